The summed E-state index contributed by atoms with van der Waals surface area (Å²) >= 11 is 1.53. The van der Waals surface area contributed by atoms with E-state index in [2.05, 4.69) is 4.98 Å². The minimum atomic E-state index is -0.482. The van der Waals surface area contributed by atoms with Gasteiger partial charge in [-0.3, -0.25) is 0 Å². The molecule has 0 radical (unpaired) electrons. The summed E-state index contributed by atoms with van der Waals surface area (Å²) in [6.45, 7) is 0.142. The van der Waals surface area contributed by atoms with Gasteiger partial charge < -0.3 is 9.15 Å². The van der Waals surface area contributed by atoms with Crippen LogP contribution >= 0.6 is 11.3 Å². The van der Waals surface area contributed by atoms with Crippen molar-refractivity contribution in [3.05, 3.63) is 65.6 Å². The number of rotatable bonds is 4. The van der Waals surface area contributed by atoms with E-state index in [4.69, 9.17) is 9.15 Å². The molecule has 4 nitrogen and oxygen atoms in total. The maximum Gasteiger partial charge on any atom is 0.374 e. The minimum Gasteiger partial charge on any atom is -0.457 e. The van der Waals surface area contributed by atoms with Crippen molar-refractivity contribution in [3.63, 3.8) is 0 Å². The van der Waals surface area contributed by atoms with Gasteiger partial charge in [0.25, 0.3) is 0 Å². The van der Waals surface area contributed by atoms with E-state index in [0.29, 0.717) is 0 Å². The van der Waals surface area contributed by atoms with Crippen LogP contribution in [-0.4, -0.2) is 11.0 Å². The number of benzene rings is 1. The quantitative estimate of drug-likeness (QED) is 0.685. The lowest BCUT2D eigenvalue weighted by molar-refractivity contribution is 0.0432. The van der Waals surface area contributed by atoms with Gasteiger partial charge in [-0.2, -0.15) is 0 Å². The Bertz CT molecular complexity index is 689. The summed E-state index contributed by atoms with van der Waals surface area (Å²) in [4.78, 5) is 16.1. The lowest BCUT2D eigenvalue weighted by Gasteiger charge is -1.99. The number of aromatic nitrogens is 1. The number of ether oxygens (including phenoxy) is 1. The fourth-order valence-corrected chi connectivity index (χ4v) is 2.50. The van der Waals surface area contributed by atoms with Crippen LogP contribution in [0.5, 0.6) is 0 Å². The van der Waals surface area contributed by atoms with Gasteiger partial charge in [0.05, 0.1) is 12.0 Å². The average molecular weight is 285 g/mol. The highest BCUT2D eigenvalue weighted by molar-refractivity contribution is 7.13. The Hall–Kier alpha value is -2.40. The SMILES string of the molecule is O=C(OCc1csc(-c2ccccc2)n1)c1ccco1. The summed E-state index contributed by atoms with van der Waals surface area (Å²) in [6, 6.07) is 13.1. The second-order valence-electron chi connectivity index (χ2n) is 4.06. The summed E-state index contributed by atoms with van der Waals surface area (Å²) in [6.07, 6.45) is 1.44. The molecule has 0 aliphatic carbocycles. The highest BCUT2D eigenvalue weighted by atomic mass is 32.1. The Morgan fingerprint density at radius 3 is 2.80 bits per heavy atom. The second-order valence-corrected chi connectivity index (χ2v) is 4.92. The van der Waals surface area contributed by atoms with Crippen molar-refractivity contribution >= 4 is 17.3 Å². The smallest absolute Gasteiger partial charge is 0.374 e. The molecule has 20 heavy (non-hydrogen) atoms. The van der Waals surface area contributed by atoms with E-state index in [1.54, 1.807) is 12.1 Å². The molecule has 1 aromatic carbocycles. The number of hydrogen-bond donors (Lipinski definition) is 0. The van der Waals surface area contributed by atoms with Crippen molar-refractivity contribution in [1.29, 1.82) is 0 Å². The van der Waals surface area contributed by atoms with Crippen LogP contribution in [-0.2, 0) is 11.3 Å². The molecule has 0 spiro atoms. The number of esters is 1. The molecular weight excluding hydrogens is 274 g/mol. The highest BCUT2D eigenvalue weighted by Gasteiger charge is 2.11. The van der Waals surface area contributed by atoms with Crippen LogP contribution in [0, 0.1) is 0 Å². The molecule has 2 aromatic heterocycles. The third-order valence-electron chi connectivity index (χ3n) is 2.65. The molecule has 0 unspecified atom stereocenters. The number of carbonyl (C=O) groups excluding carboxylic acids is 1. The fourth-order valence-electron chi connectivity index (χ4n) is 1.69. The van der Waals surface area contributed by atoms with Crippen LogP contribution in [0.15, 0.2) is 58.5 Å². The zero-order valence-electron chi connectivity index (χ0n) is 10.5. The molecule has 0 aliphatic rings. The number of thiazole rings is 1. The Labute approximate surface area is 119 Å². The Morgan fingerprint density at radius 1 is 1.20 bits per heavy atom. The van der Waals surface area contributed by atoms with Crippen molar-refractivity contribution in [2.75, 3.05) is 0 Å². The van der Waals surface area contributed by atoms with E-state index < -0.39 is 5.97 Å². The fraction of sp³-hybridized carbons (Fsp3) is 0.0667. The number of hydrogen-bond acceptors (Lipinski definition) is 5. The van der Waals surface area contributed by atoms with Crippen LogP contribution in [0.3, 0.4) is 0 Å². The average Bonchev–Trinajstić information content (AvgIpc) is 3.17. The molecule has 0 aliphatic heterocycles. The minimum absolute atomic E-state index is 0.142. The first-order valence-corrected chi connectivity index (χ1v) is 6.91. The van der Waals surface area contributed by atoms with Gasteiger partial charge in [-0.25, -0.2) is 9.78 Å². The van der Waals surface area contributed by atoms with Gasteiger partial charge in [-0.15, -0.1) is 11.3 Å². The zero-order chi connectivity index (χ0) is 13.8. The van der Waals surface area contributed by atoms with E-state index in [1.165, 1.54) is 17.6 Å². The molecule has 0 N–H and O–H groups in total. The summed E-state index contributed by atoms with van der Waals surface area (Å²) in [7, 11) is 0. The van der Waals surface area contributed by atoms with Gasteiger partial charge in [0, 0.05) is 10.9 Å². The van der Waals surface area contributed by atoms with Crippen LogP contribution in [0.2, 0.25) is 0 Å². The summed E-state index contributed by atoms with van der Waals surface area (Å²) in [5.41, 5.74) is 1.79. The molecule has 0 saturated carbocycles. The summed E-state index contributed by atoms with van der Waals surface area (Å²) in [5, 5.41) is 2.80. The zero-order valence-corrected chi connectivity index (χ0v) is 11.3. The Kier molecular flexibility index (Phi) is 3.60. The Balaban J connectivity index is 1.65. The summed E-state index contributed by atoms with van der Waals surface area (Å²) < 4.78 is 10.1. The number of furan rings is 1. The van der Waals surface area contributed by atoms with Gasteiger partial charge in [0.1, 0.15) is 11.6 Å². The molecule has 0 saturated heterocycles. The van der Waals surface area contributed by atoms with Gasteiger partial charge in [0.2, 0.25) is 5.76 Å². The first kappa shape index (κ1) is 12.6. The first-order valence-electron chi connectivity index (χ1n) is 6.03. The maximum absolute atomic E-state index is 11.6. The summed E-state index contributed by atoms with van der Waals surface area (Å²) in [5.74, 6) is -0.284. The van der Waals surface area contributed by atoms with Gasteiger partial charge >= 0.3 is 5.97 Å². The van der Waals surface area contributed by atoms with E-state index in [9.17, 15) is 4.79 Å². The van der Waals surface area contributed by atoms with E-state index in [-0.39, 0.29) is 12.4 Å². The Morgan fingerprint density at radius 2 is 2.05 bits per heavy atom. The molecule has 0 amide bonds. The van der Waals surface area contributed by atoms with Gasteiger partial charge in [-0.1, -0.05) is 30.3 Å². The lowest BCUT2D eigenvalue weighted by Crippen LogP contribution is -2.04. The normalized spacial score (nSPS) is 10.4. The predicted molar refractivity (Wildman–Crippen MR) is 75.4 cm³/mol. The molecule has 5 heteroatoms. The third kappa shape index (κ3) is 2.78. The van der Waals surface area contributed by atoms with E-state index in [1.807, 2.05) is 35.7 Å². The predicted octanol–water partition coefficient (Wildman–Crippen LogP) is 3.76. The number of carbonyl (C=O) groups is 1. The molecule has 3 aromatic rings. The largest absolute Gasteiger partial charge is 0.457 e. The standard InChI is InChI=1S/C15H11NO3S/c17-15(13-7-4-8-18-13)19-9-12-10-20-14(16-12)11-5-2-1-3-6-11/h1-8,10H,9H2. The third-order valence-corrected chi connectivity index (χ3v) is 3.59. The first-order chi connectivity index (χ1) is 9.83. The van der Waals surface area contributed by atoms with E-state index in [0.717, 1.165) is 16.3 Å². The molecule has 0 fully saturated rings. The van der Waals surface area contributed by atoms with Gasteiger partial charge in [0.15, 0.2) is 0 Å². The molecule has 100 valence electrons. The van der Waals surface area contributed by atoms with Crippen LogP contribution < -0.4 is 0 Å². The lowest BCUT2D eigenvalue weighted by atomic mass is 10.2. The molecule has 0 atom stereocenters. The topological polar surface area (TPSA) is 52.3 Å². The maximum atomic E-state index is 11.6. The van der Waals surface area contributed by atoms with Crippen molar-refractivity contribution in [2.45, 2.75) is 6.61 Å². The van der Waals surface area contributed by atoms with Crippen molar-refractivity contribution in [1.82, 2.24) is 4.98 Å². The van der Waals surface area contributed by atoms with Crippen molar-refractivity contribution in [3.8, 4) is 10.6 Å². The van der Waals surface area contributed by atoms with Gasteiger partial charge in [-0.05, 0) is 12.1 Å². The molecule has 0 bridgehead atoms. The van der Waals surface area contributed by atoms with Crippen LogP contribution in [0.25, 0.3) is 10.6 Å². The molecular formula is C15H11NO3S. The van der Waals surface area contributed by atoms with E-state index >= 15 is 0 Å². The van der Waals surface area contributed by atoms with Crippen molar-refractivity contribution in [2.24, 2.45) is 0 Å². The molecule has 2 heterocycles. The highest BCUT2D eigenvalue weighted by Crippen LogP contribution is 2.23. The molecule has 3 rings (SSSR count). The monoisotopic (exact) mass is 285 g/mol. The van der Waals surface area contributed by atoms with Crippen LogP contribution in [0.1, 0.15) is 16.2 Å². The number of nitrogens with zero attached hydrogens (tertiary/aromatic N) is 1. The van der Waals surface area contributed by atoms with Crippen molar-refractivity contribution < 1.29 is 13.9 Å². The second kappa shape index (κ2) is 5.71. The van der Waals surface area contributed by atoms with Crippen LogP contribution in [0.4, 0.5) is 0 Å².